The largest absolute Gasteiger partial charge is 0.508 e. The van der Waals surface area contributed by atoms with Crippen molar-refractivity contribution >= 4 is 5.97 Å². The van der Waals surface area contributed by atoms with Crippen LogP contribution in [0.5, 0.6) is 11.5 Å². The predicted molar refractivity (Wildman–Crippen MR) is 78.2 cm³/mol. The molecule has 0 spiro atoms. The molecule has 0 fully saturated rings. The van der Waals surface area contributed by atoms with Gasteiger partial charge in [-0.15, -0.1) is 0 Å². The number of hydrogen-bond acceptors (Lipinski definition) is 3. The zero-order valence-electron chi connectivity index (χ0n) is 11.9. The fourth-order valence-electron chi connectivity index (χ4n) is 1.92. The Morgan fingerprint density at radius 2 is 1.70 bits per heavy atom. The van der Waals surface area contributed by atoms with Crippen molar-refractivity contribution in [3.8, 4) is 11.5 Å². The van der Waals surface area contributed by atoms with E-state index in [-0.39, 0.29) is 11.2 Å². The van der Waals surface area contributed by atoms with Crippen LogP contribution in [0.15, 0.2) is 48.5 Å². The zero-order valence-corrected chi connectivity index (χ0v) is 11.9. The highest BCUT2D eigenvalue weighted by Crippen LogP contribution is 2.33. The van der Waals surface area contributed by atoms with E-state index in [4.69, 9.17) is 4.74 Å². The van der Waals surface area contributed by atoms with Gasteiger partial charge in [0.2, 0.25) is 0 Å². The molecule has 3 nitrogen and oxygen atoms in total. The number of ether oxygens (including phenoxy) is 1. The SMILES string of the molecule is CC(C)(C)c1cc(OC(=O)c2ccccc2)ccc1O. The molecule has 0 aromatic heterocycles. The molecule has 2 aromatic carbocycles. The topological polar surface area (TPSA) is 46.5 Å². The molecule has 1 N–H and O–H groups in total. The first-order valence-electron chi connectivity index (χ1n) is 6.48. The van der Waals surface area contributed by atoms with Crippen LogP contribution in [0, 0.1) is 0 Å². The molecule has 0 unspecified atom stereocenters. The summed E-state index contributed by atoms with van der Waals surface area (Å²) in [4.78, 5) is 12.0. The lowest BCUT2D eigenvalue weighted by Gasteiger charge is -2.21. The Hall–Kier alpha value is -2.29. The van der Waals surface area contributed by atoms with Gasteiger partial charge in [-0.2, -0.15) is 0 Å². The first-order chi connectivity index (χ1) is 9.38. The van der Waals surface area contributed by atoms with Crippen LogP contribution in [-0.4, -0.2) is 11.1 Å². The second-order valence-electron chi connectivity index (χ2n) is 5.68. The highest BCUT2D eigenvalue weighted by Gasteiger charge is 2.19. The van der Waals surface area contributed by atoms with E-state index < -0.39 is 5.97 Å². The van der Waals surface area contributed by atoms with Crippen molar-refractivity contribution in [2.45, 2.75) is 26.2 Å². The second kappa shape index (κ2) is 5.37. The highest BCUT2D eigenvalue weighted by molar-refractivity contribution is 5.91. The summed E-state index contributed by atoms with van der Waals surface area (Å²) in [6, 6.07) is 13.7. The van der Waals surface area contributed by atoms with Gasteiger partial charge in [0.05, 0.1) is 5.56 Å². The number of aromatic hydroxyl groups is 1. The van der Waals surface area contributed by atoms with Gasteiger partial charge in [-0.3, -0.25) is 0 Å². The van der Waals surface area contributed by atoms with E-state index in [2.05, 4.69) is 0 Å². The molecule has 0 heterocycles. The van der Waals surface area contributed by atoms with E-state index in [1.165, 1.54) is 0 Å². The van der Waals surface area contributed by atoms with Crippen LogP contribution in [-0.2, 0) is 5.41 Å². The van der Waals surface area contributed by atoms with E-state index in [1.807, 2.05) is 26.8 Å². The summed E-state index contributed by atoms with van der Waals surface area (Å²) in [6.45, 7) is 5.97. The zero-order chi connectivity index (χ0) is 14.8. The maximum absolute atomic E-state index is 12.0. The lowest BCUT2D eigenvalue weighted by Crippen LogP contribution is -2.13. The van der Waals surface area contributed by atoms with Crippen LogP contribution in [0.4, 0.5) is 0 Å². The molecule has 0 radical (unpaired) electrons. The van der Waals surface area contributed by atoms with Crippen LogP contribution in [0.25, 0.3) is 0 Å². The molecule has 0 bridgehead atoms. The van der Waals surface area contributed by atoms with E-state index in [0.29, 0.717) is 11.3 Å². The predicted octanol–water partition coefficient (Wildman–Crippen LogP) is 3.91. The number of carbonyl (C=O) groups is 1. The van der Waals surface area contributed by atoms with E-state index in [0.717, 1.165) is 5.56 Å². The highest BCUT2D eigenvalue weighted by atomic mass is 16.5. The number of carbonyl (C=O) groups excluding carboxylic acids is 1. The van der Waals surface area contributed by atoms with Crippen molar-refractivity contribution in [1.29, 1.82) is 0 Å². The van der Waals surface area contributed by atoms with Crippen molar-refractivity contribution < 1.29 is 14.6 Å². The second-order valence-corrected chi connectivity index (χ2v) is 5.68. The van der Waals surface area contributed by atoms with Gasteiger partial charge < -0.3 is 9.84 Å². The van der Waals surface area contributed by atoms with Gasteiger partial charge in [0, 0.05) is 5.56 Å². The maximum atomic E-state index is 12.0. The summed E-state index contributed by atoms with van der Waals surface area (Å²) in [6.07, 6.45) is 0. The summed E-state index contributed by atoms with van der Waals surface area (Å²) in [5, 5.41) is 9.88. The standard InChI is InChI=1S/C17H18O3/c1-17(2,3)14-11-13(9-10-15(14)18)20-16(19)12-7-5-4-6-8-12/h4-11,18H,1-3H3. The molecule has 0 saturated carbocycles. The Labute approximate surface area is 118 Å². The minimum atomic E-state index is -0.406. The van der Waals surface area contributed by atoms with Crippen LogP contribution in [0.1, 0.15) is 36.7 Å². The molecule has 0 aliphatic rings. The smallest absolute Gasteiger partial charge is 0.343 e. The normalized spacial score (nSPS) is 11.2. The first-order valence-corrected chi connectivity index (χ1v) is 6.48. The lowest BCUT2D eigenvalue weighted by atomic mass is 9.86. The number of hydrogen-bond donors (Lipinski definition) is 1. The fraction of sp³-hybridized carbons (Fsp3) is 0.235. The van der Waals surface area contributed by atoms with Crippen LogP contribution in [0.3, 0.4) is 0 Å². The molecule has 0 amide bonds. The van der Waals surface area contributed by atoms with Gasteiger partial charge in [-0.25, -0.2) is 4.79 Å². The fourth-order valence-corrected chi connectivity index (χ4v) is 1.92. The molecule has 0 aliphatic heterocycles. The van der Waals surface area contributed by atoms with Crippen LogP contribution >= 0.6 is 0 Å². The Balaban J connectivity index is 2.25. The molecule has 0 atom stereocenters. The monoisotopic (exact) mass is 270 g/mol. The average molecular weight is 270 g/mol. The molecular formula is C17H18O3. The molecule has 0 aliphatic carbocycles. The molecule has 2 aromatic rings. The van der Waals surface area contributed by atoms with Crippen molar-refractivity contribution in [3.05, 3.63) is 59.7 Å². The third kappa shape index (κ3) is 3.18. The average Bonchev–Trinajstić information content (AvgIpc) is 2.40. The van der Waals surface area contributed by atoms with Gasteiger partial charge in [0.15, 0.2) is 0 Å². The molecular weight excluding hydrogens is 252 g/mol. The Bertz CT molecular complexity index is 610. The number of phenolic OH excluding ortho intramolecular Hbond substituents is 1. The number of esters is 1. The first kappa shape index (κ1) is 14.1. The number of benzene rings is 2. The summed E-state index contributed by atoms with van der Waals surface area (Å²) in [5.74, 6) is 0.231. The van der Waals surface area contributed by atoms with Crippen molar-refractivity contribution in [3.63, 3.8) is 0 Å². The minimum absolute atomic E-state index is 0.206. The summed E-state index contributed by atoms with van der Waals surface area (Å²) < 4.78 is 5.34. The van der Waals surface area contributed by atoms with Crippen LogP contribution in [0.2, 0.25) is 0 Å². The molecule has 104 valence electrons. The third-order valence-electron chi connectivity index (χ3n) is 3.00. The summed E-state index contributed by atoms with van der Waals surface area (Å²) >= 11 is 0. The van der Waals surface area contributed by atoms with E-state index in [9.17, 15) is 9.90 Å². The van der Waals surface area contributed by atoms with Crippen molar-refractivity contribution in [2.24, 2.45) is 0 Å². The lowest BCUT2D eigenvalue weighted by molar-refractivity contribution is 0.0734. The van der Waals surface area contributed by atoms with E-state index in [1.54, 1.807) is 42.5 Å². The van der Waals surface area contributed by atoms with Crippen molar-refractivity contribution in [1.82, 2.24) is 0 Å². The van der Waals surface area contributed by atoms with Gasteiger partial charge in [-0.05, 0) is 35.7 Å². The Kier molecular flexibility index (Phi) is 3.79. The molecule has 0 saturated heterocycles. The minimum Gasteiger partial charge on any atom is -0.508 e. The number of phenols is 1. The van der Waals surface area contributed by atoms with Crippen LogP contribution < -0.4 is 4.74 Å². The molecule has 3 heteroatoms. The Morgan fingerprint density at radius 1 is 1.05 bits per heavy atom. The molecule has 2 rings (SSSR count). The molecule has 20 heavy (non-hydrogen) atoms. The van der Waals surface area contributed by atoms with Gasteiger partial charge in [-0.1, -0.05) is 39.0 Å². The van der Waals surface area contributed by atoms with Gasteiger partial charge >= 0.3 is 5.97 Å². The summed E-state index contributed by atoms with van der Waals surface area (Å²) in [5.41, 5.74) is 1.02. The summed E-state index contributed by atoms with van der Waals surface area (Å²) in [7, 11) is 0. The van der Waals surface area contributed by atoms with Gasteiger partial charge in [0.1, 0.15) is 11.5 Å². The number of rotatable bonds is 2. The maximum Gasteiger partial charge on any atom is 0.343 e. The van der Waals surface area contributed by atoms with E-state index >= 15 is 0 Å². The quantitative estimate of drug-likeness (QED) is 0.664. The Morgan fingerprint density at radius 3 is 2.30 bits per heavy atom. The third-order valence-corrected chi connectivity index (χ3v) is 3.00. The van der Waals surface area contributed by atoms with Gasteiger partial charge in [0.25, 0.3) is 0 Å². The van der Waals surface area contributed by atoms with Crippen molar-refractivity contribution in [2.75, 3.05) is 0 Å².